The highest BCUT2D eigenvalue weighted by atomic mass is 19.1. The number of aliphatic carboxylic acids is 1. The maximum absolute atomic E-state index is 13.2. The normalized spacial score (nSPS) is 10.1. The molecule has 0 spiro atoms. The van der Waals surface area contributed by atoms with Gasteiger partial charge in [-0.05, 0) is 25.5 Å². The van der Waals surface area contributed by atoms with Crippen LogP contribution in [-0.2, 0) is 9.59 Å². The fourth-order valence-electron chi connectivity index (χ4n) is 1.67. The SMILES string of the molecule is CCN(CC(=O)O)C(=O)CCCOc1ccccc1F. The van der Waals surface area contributed by atoms with Crippen LogP contribution in [0.3, 0.4) is 0 Å². The lowest BCUT2D eigenvalue weighted by atomic mass is 10.2. The Morgan fingerprint density at radius 3 is 2.65 bits per heavy atom. The van der Waals surface area contributed by atoms with Crippen molar-refractivity contribution in [2.45, 2.75) is 19.8 Å². The molecule has 0 unspecified atom stereocenters. The van der Waals surface area contributed by atoms with E-state index in [2.05, 4.69) is 0 Å². The molecule has 0 atom stereocenters. The lowest BCUT2D eigenvalue weighted by Gasteiger charge is -2.18. The average Bonchev–Trinajstić information content (AvgIpc) is 2.42. The van der Waals surface area contributed by atoms with Crippen LogP contribution in [0.15, 0.2) is 24.3 Å². The molecule has 1 rings (SSSR count). The summed E-state index contributed by atoms with van der Waals surface area (Å²) in [6.45, 7) is 1.97. The molecule has 110 valence electrons. The Balaban J connectivity index is 2.31. The van der Waals surface area contributed by atoms with Gasteiger partial charge in [-0.2, -0.15) is 0 Å². The van der Waals surface area contributed by atoms with Crippen molar-refractivity contribution in [3.8, 4) is 5.75 Å². The summed E-state index contributed by atoms with van der Waals surface area (Å²) < 4.78 is 18.5. The zero-order valence-electron chi connectivity index (χ0n) is 11.3. The van der Waals surface area contributed by atoms with Gasteiger partial charge in [0, 0.05) is 13.0 Å². The fraction of sp³-hybridized carbons (Fsp3) is 0.429. The van der Waals surface area contributed by atoms with Gasteiger partial charge in [0.15, 0.2) is 11.6 Å². The predicted molar refractivity (Wildman–Crippen MR) is 71.0 cm³/mol. The molecule has 0 fully saturated rings. The number of halogens is 1. The number of rotatable bonds is 8. The van der Waals surface area contributed by atoms with Crippen LogP contribution >= 0.6 is 0 Å². The maximum Gasteiger partial charge on any atom is 0.323 e. The van der Waals surface area contributed by atoms with Crippen LogP contribution in [0.5, 0.6) is 5.75 Å². The molecule has 0 saturated carbocycles. The number of hydrogen-bond donors (Lipinski definition) is 1. The summed E-state index contributed by atoms with van der Waals surface area (Å²) in [5.41, 5.74) is 0. The first kappa shape index (κ1) is 15.9. The van der Waals surface area contributed by atoms with Gasteiger partial charge in [-0.15, -0.1) is 0 Å². The Morgan fingerprint density at radius 2 is 2.05 bits per heavy atom. The van der Waals surface area contributed by atoms with E-state index in [1.54, 1.807) is 19.1 Å². The molecule has 0 aliphatic heterocycles. The lowest BCUT2D eigenvalue weighted by Crippen LogP contribution is -2.35. The number of hydrogen-bond acceptors (Lipinski definition) is 3. The van der Waals surface area contributed by atoms with E-state index in [0.717, 1.165) is 0 Å². The molecule has 6 heteroatoms. The first-order valence-electron chi connectivity index (χ1n) is 6.41. The largest absolute Gasteiger partial charge is 0.491 e. The lowest BCUT2D eigenvalue weighted by molar-refractivity contribution is -0.144. The average molecular weight is 283 g/mol. The topological polar surface area (TPSA) is 66.8 Å². The molecular weight excluding hydrogens is 265 g/mol. The zero-order valence-corrected chi connectivity index (χ0v) is 11.3. The van der Waals surface area contributed by atoms with Crippen LogP contribution in [0.2, 0.25) is 0 Å². The second-order valence-corrected chi connectivity index (χ2v) is 4.18. The monoisotopic (exact) mass is 283 g/mol. The number of benzene rings is 1. The van der Waals surface area contributed by atoms with Crippen LogP contribution in [-0.4, -0.2) is 41.6 Å². The summed E-state index contributed by atoms with van der Waals surface area (Å²) in [6.07, 6.45) is 0.582. The Morgan fingerprint density at radius 1 is 1.35 bits per heavy atom. The van der Waals surface area contributed by atoms with Gasteiger partial charge in [0.25, 0.3) is 0 Å². The Kier molecular flexibility index (Phi) is 6.49. The molecule has 1 amide bonds. The second kappa shape index (κ2) is 8.14. The van der Waals surface area contributed by atoms with E-state index in [9.17, 15) is 14.0 Å². The quantitative estimate of drug-likeness (QED) is 0.740. The molecule has 5 nitrogen and oxygen atoms in total. The van der Waals surface area contributed by atoms with Crippen molar-refractivity contribution >= 4 is 11.9 Å². The van der Waals surface area contributed by atoms with Crippen LogP contribution in [0.4, 0.5) is 4.39 Å². The minimum Gasteiger partial charge on any atom is -0.491 e. The molecule has 0 aliphatic rings. The highest BCUT2D eigenvalue weighted by Gasteiger charge is 2.14. The van der Waals surface area contributed by atoms with Gasteiger partial charge in [-0.3, -0.25) is 9.59 Å². The van der Waals surface area contributed by atoms with Crippen molar-refractivity contribution in [1.82, 2.24) is 4.90 Å². The maximum atomic E-state index is 13.2. The first-order valence-corrected chi connectivity index (χ1v) is 6.41. The third-order valence-electron chi connectivity index (χ3n) is 2.69. The standard InChI is InChI=1S/C14H18FNO4/c1-2-16(10-14(18)19)13(17)8-5-9-20-12-7-4-3-6-11(12)15/h3-4,6-7H,2,5,8-10H2,1H3,(H,18,19). The van der Waals surface area contributed by atoms with Crippen LogP contribution in [0.1, 0.15) is 19.8 Å². The Bertz CT molecular complexity index is 464. The number of nitrogens with zero attached hydrogens (tertiary/aromatic N) is 1. The van der Waals surface area contributed by atoms with E-state index < -0.39 is 11.8 Å². The number of carboxylic acids is 1. The van der Waals surface area contributed by atoms with E-state index in [1.807, 2.05) is 0 Å². The minimum atomic E-state index is -1.04. The van der Waals surface area contributed by atoms with Gasteiger partial charge in [0.1, 0.15) is 6.54 Å². The Hall–Kier alpha value is -2.11. The van der Waals surface area contributed by atoms with Crippen molar-refractivity contribution < 1.29 is 23.8 Å². The molecule has 0 aliphatic carbocycles. The molecule has 1 aromatic rings. The minimum absolute atomic E-state index is 0.151. The number of carbonyl (C=O) groups excluding carboxylic acids is 1. The van der Waals surface area contributed by atoms with Gasteiger partial charge in [-0.1, -0.05) is 12.1 Å². The highest BCUT2D eigenvalue weighted by molar-refractivity contribution is 5.81. The van der Waals surface area contributed by atoms with Gasteiger partial charge in [0.2, 0.25) is 5.91 Å². The first-order chi connectivity index (χ1) is 9.54. The van der Waals surface area contributed by atoms with Crippen LogP contribution in [0.25, 0.3) is 0 Å². The molecule has 0 bridgehead atoms. The molecule has 1 N–H and O–H groups in total. The van der Waals surface area contributed by atoms with E-state index in [1.165, 1.54) is 17.0 Å². The summed E-state index contributed by atoms with van der Waals surface area (Å²) in [4.78, 5) is 23.5. The van der Waals surface area contributed by atoms with Crippen molar-refractivity contribution in [1.29, 1.82) is 0 Å². The third kappa shape index (κ3) is 5.26. The van der Waals surface area contributed by atoms with Crippen molar-refractivity contribution in [3.63, 3.8) is 0 Å². The smallest absolute Gasteiger partial charge is 0.323 e. The predicted octanol–water partition coefficient (Wildman–Crippen LogP) is 1.92. The van der Waals surface area contributed by atoms with Gasteiger partial charge < -0.3 is 14.7 Å². The molecule has 0 saturated heterocycles. The van der Waals surface area contributed by atoms with Crippen molar-refractivity contribution in [3.05, 3.63) is 30.1 Å². The highest BCUT2D eigenvalue weighted by Crippen LogP contribution is 2.15. The van der Waals surface area contributed by atoms with E-state index in [-0.39, 0.29) is 31.2 Å². The zero-order chi connectivity index (χ0) is 15.0. The number of amides is 1. The number of carboxylic acid groups (broad SMARTS) is 1. The number of ether oxygens (including phenoxy) is 1. The van der Waals surface area contributed by atoms with E-state index >= 15 is 0 Å². The summed E-state index contributed by atoms with van der Waals surface area (Å²) >= 11 is 0. The van der Waals surface area contributed by atoms with Gasteiger partial charge >= 0.3 is 5.97 Å². The van der Waals surface area contributed by atoms with Gasteiger partial charge in [0.05, 0.1) is 6.61 Å². The van der Waals surface area contributed by atoms with Crippen LogP contribution in [0, 0.1) is 5.82 Å². The number of carbonyl (C=O) groups is 2. The molecular formula is C14H18FNO4. The summed E-state index contributed by atoms with van der Waals surface area (Å²) in [5, 5.41) is 8.65. The summed E-state index contributed by atoms with van der Waals surface area (Å²) in [6, 6.07) is 6.04. The Labute approximate surface area is 117 Å². The molecule has 0 radical (unpaired) electrons. The second-order valence-electron chi connectivity index (χ2n) is 4.18. The van der Waals surface area contributed by atoms with E-state index in [4.69, 9.17) is 9.84 Å². The number of likely N-dealkylation sites (N-methyl/N-ethyl adjacent to an activating group) is 1. The summed E-state index contributed by atoms with van der Waals surface area (Å²) in [7, 11) is 0. The van der Waals surface area contributed by atoms with Crippen molar-refractivity contribution in [2.75, 3.05) is 19.7 Å². The third-order valence-corrected chi connectivity index (χ3v) is 2.69. The van der Waals surface area contributed by atoms with Gasteiger partial charge in [-0.25, -0.2) is 4.39 Å². The molecule has 0 aromatic heterocycles. The van der Waals surface area contributed by atoms with Crippen LogP contribution < -0.4 is 4.74 Å². The molecule has 20 heavy (non-hydrogen) atoms. The molecule has 1 aromatic carbocycles. The molecule has 0 heterocycles. The number of para-hydroxylation sites is 1. The summed E-state index contributed by atoms with van der Waals surface area (Å²) in [5.74, 6) is -1.58. The fourth-order valence-corrected chi connectivity index (χ4v) is 1.67. The van der Waals surface area contributed by atoms with E-state index in [0.29, 0.717) is 13.0 Å². The van der Waals surface area contributed by atoms with Crippen molar-refractivity contribution in [2.24, 2.45) is 0 Å².